The molecule has 0 aliphatic carbocycles. The number of nitrogens with one attached hydrogen (secondary N) is 1. The summed E-state index contributed by atoms with van der Waals surface area (Å²) < 4.78 is 93.1. The van der Waals surface area contributed by atoms with Gasteiger partial charge in [-0.3, -0.25) is 9.48 Å². The summed E-state index contributed by atoms with van der Waals surface area (Å²) in [6.07, 6.45) is -5.68. The molecule has 136 valence electrons. The highest BCUT2D eigenvalue weighted by Gasteiger charge is 2.42. The van der Waals surface area contributed by atoms with Crippen molar-refractivity contribution in [1.29, 1.82) is 0 Å². The first-order valence-corrected chi connectivity index (χ1v) is 6.69. The number of hydrogen-bond acceptors (Lipinski definition) is 2. The van der Waals surface area contributed by atoms with E-state index in [0.717, 1.165) is 4.68 Å². The van der Waals surface area contributed by atoms with Crippen molar-refractivity contribution in [2.24, 2.45) is 7.05 Å². The summed E-state index contributed by atoms with van der Waals surface area (Å²) >= 11 is 5.77. The molecule has 1 amide bonds. The van der Waals surface area contributed by atoms with Gasteiger partial charge in [0, 0.05) is 7.05 Å². The average molecular weight is 390 g/mol. The molecule has 1 aromatic carbocycles. The number of aryl methyl sites for hydroxylation is 1. The number of carbonyl (C=O) groups excluding carboxylic acids is 1. The van der Waals surface area contributed by atoms with Gasteiger partial charge in [0.15, 0.2) is 29.0 Å². The molecule has 1 heterocycles. The standard InChI is InChI=1S/C13H7ClF7N3O/c1-3-5(14)10(23-24(3)2)12(25)22-11-8(17)6(15)4(13(19,20)21)7(16)9(11)18/h1-2H3,(H,22,25). The van der Waals surface area contributed by atoms with Gasteiger partial charge in [0.2, 0.25) is 0 Å². The zero-order valence-corrected chi connectivity index (χ0v) is 13.1. The minimum Gasteiger partial charge on any atom is -0.315 e. The first kappa shape index (κ1) is 19.0. The van der Waals surface area contributed by atoms with E-state index < -0.39 is 52.3 Å². The van der Waals surface area contributed by atoms with Crippen molar-refractivity contribution in [2.75, 3.05) is 5.32 Å². The predicted octanol–water partition coefficient (Wildman–Crippen LogP) is 4.21. The maximum Gasteiger partial charge on any atom is 0.422 e. The van der Waals surface area contributed by atoms with Crippen LogP contribution in [0, 0.1) is 30.2 Å². The van der Waals surface area contributed by atoms with Crippen LogP contribution in [0.1, 0.15) is 21.7 Å². The van der Waals surface area contributed by atoms with Gasteiger partial charge < -0.3 is 5.32 Å². The van der Waals surface area contributed by atoms with E-state index in [2.05, 4.69) is 5.10 Å². The molecule has 0 fully saturated rings. The lowest BCUT2D eigenvalue weighted by molar-refractivity contribution is -0.143. The zero-order valence-electron chi connectivity index (χ0n) is 12.3. The molecule has 0 spiro atoms. The molecule has 0 aliphatic heterocycles. The van der Waals surface area contributed by atoms with Gasteiger partial charge in [-0.25, -0.2) is 17.6 Å². The van der Waals surface area contributed by atoms with Crippen LogP contribution in [-0.4, -0.2) is 15.7 Å². The molecule has 1 aromatic heterocycles. The van der Waals surface area contributed by atoms with Gasteiger partial charge in [-0.1, -0.05) is 11.6 Å². The predicted molar refractivity (Wildman–Crippen MR) is 72.2 cm³/mol. The van der Waals surface area contributed by atoms with Crippen LogP contribution in [0.25, 0.3) is 0 Å². The van der Waals surface area contributed by atoms with Crippen molar-refractivity contribution in [3.05, 3.63) is 45.2 Å². The molecule has 0 unspecified atom stereocenters. The van der Waals surface area contributed by atoms with Crippen LogP contribution in [0.5, 0.6) is 0 Å². The Hall–Kier alpha value is -2.30. The summed E-state index contributed by atoms with van der Waals surface area (Å²) in [5.74, 6) is -11.6. The van der Waals surface area contributed by atoms with Crippen LogP contribution in [0.15, 0.2) is 0 Å². The Morgan fingerprint density at radius 3 is 1.92 bits per heavy atom. The second-order valence-corrected chi connectivity index (χ2v) is 5.21. The minimum atomic E-state index is -5.68. The second kappa shape index (κ2) is 6.21. The van der Waals surface area contributed by atoms with Gasteiger partial charge in [-0.2, -0.15) is 18.3 Å². The zero-order chi connectivity index (χ0) is 19.3. The van der Waals surface area contributed by atoms with Crippen LogP contribution >= 0.6 is 11.6 Å². The van der Waals surface area contributed by atoms with E-state index in [9.17, 15) is 35.5 Å². The minimum absolute atomic E-state index is 0.214. The van der Waals surface area contributed by atoms with Gasteiger partial charge in [-0.15, -0.1) is 0 Å². The number of hydrogen-bond donors (Lipinski definition) is 1. The molecular formula is C13H7ClF7N3O. The van der Waals surface area contributed by atoms with E-state index in [0.29, 0.717) is 0 Å². The Kier molecular flexibility index (Phi) is 4.73. The molecule has 12 heteroatoms. The molecule has 1 N–H and O–H groups in total. The molecule has 2 aromatic rings. The lowest BCUT2D eigenvalue weighted by atomic mass is 10.1. The van der Waals surface area contributed by atoms with Crippen LogP contribution in [0.4, 0.5) is 36.4 Å². The Bertz CT molecular complexity index is 847. The van der Waals surface area contributed by atoms with Gasteiger partial charge in [0.05, 0.1) is 10.7 Å². The average Bonchev–Trinajstić information content (AvgIpc) is 2.76. The lowest BCUT2D eigenvalue weighted by Crippen LogP contribution is -2.20. The Morgan fingerprint density at radius 1 is 1.08 bits per heavy atom. The molecule has 0 bridgehead atoms. The summed E-state index contributed by atoms with van der Waals surface area (Å²) in [5.41, 5.74) is -4.72. The number of carbonyl (C=O) groups is 1. The normalized spacial score (nSPS) is 11.8. The quantitative estimate of drug-likeness (QED) is 0.618. The van der Waals surface area contributed by atoms with Gasteiger partial charge in [-0.05, 0) is 6.92 Å². The third kappa shape index (κ3) is 3.15. The summed E-state index contributed by atoms with van der Waals surface area (Å²) in [4.78, 5) is 11.9. The number of aromatic nitrogens is 2. The number of nitrogens with zero attached hydrogens (tertiary/aromatic N) is 2. The van der Waals surface area contributed by atoms with Crippen LogP contribution in [-0.2, 0) is 13.2 Å². The molecule has 0 radical (unpaired) electrons. The number of alkyl halides is 3. The van der Waals surface area contributed by atoms with Crippen molar-refractivity contribution in [2.45, 2.75) is 13.1 Å². The SMILES string of the molecule is Cc1c(Cl)c(C(=O)Nc2c(F)c(F)c(C(F)(F)F)c(F)c2F)nn1C. The number of rotatable bonds is 2. The van der Waals surface area contributed by atoms with Crippen LogP contribution in [0.3, 0.4) is 0 Å². The molecule has 2 rings (SSSR count). The van der Waals surface area contributed by atoms with Crippen molar-refractivity contribution < 1.29 is 35.5 Å². The fourth-order valence-corrected chi connectivity index (χ4v) is 2.14. The largest absolute Gasteiger partial charge is 0.422 e. The number of anilines is 1. The van der Waals surface area contributed by atoms with E-state index >= 15 is 0 Å². The molecular weight excluding hydrogens is 383 g/mol. The fraction of sp³-hybridized carbons (Fsp3) is 0.231. The van der Waals surface area contributed by atoms with E-state index in [4.69, 9.17) is 11.6 Å². The Labute approximate surface area is 140 Å². The first-order chi connectivity index (χ1) is 11.4. The van der Waals surface area contributed by atoms with Crippen LogP contribution in [0.2, 0.25) is 5.02 Å². The highest BCUT2D eigenvalue weighted by molar-refractivity contribution is 6.34. The number of benzene rings is 1. The second-order valence-electron chi connectivity index (χ2n) is 4.83. The molecule has 0 saturated heterocycles. The Morgan fingerprint density at radius 2 is 1.56 bits per heavy atom. The smallest absolute Gasteiger partial charge is 0.315 e. The number of halogens is 8. The van der Waals surface area contributed by atoms with E-state index in [-0.39, 0.29) is 10.7 Å². The summed E-state index contributed by atoms with van der Waals surface area (Å²) in [5, 5.41) is 4.85. The maximum atomic E-state index is 13.7. The third-order valence-electron chi connectivity index (χ3n) is 3.26. The van der Waals surface area contributed by atoms with Crippen molar-refractivity contribution >= 4 is 23.2 Å². The summed E-state index contributed by atoms with van der Waals surface area (Å²) in [7, 11) is 1.39. The van der Waals surface area contributed by atoms with Crippen molar-refractivity contribution in [3.8, 4) is 0 Å². The molecule has 4 nitrogen and oxygen atoms in total. The monoisotopic (exact) mass is 389 g/mol. The molecule has 0 saturated carbocycles. The maximum absolute atomic E-state index is 13.7. The molecule has 0 atom stereocenters. The highest BCUT2D eigenvalue weighted by Crippen LogP contribution is 2.38. The molecule has 25 heavy (non-hydrogen) atoms. The van der Waals surface area contributed by atoms with Crippen molar-refractivity contribution in [1.82, 2.24) is 9.78 Å². The fourth-order valence-electron chi connectivity index (χ4n) is 1.89. The van der Waals surface area contributed by atoms with E-state index in [1.807, 2.05) is 0 Å². The van der Waals surface area contributed by atoms with Gasteiger partial charge in [0.25, 0.3) is 5.91 Å². The third-order valence-corrected chi connectivity index (χ3v) is 3.71. The number of amides is 1. The van der Waals surface area contributed by atoms with Crippen LogP contribution < -0.4 is 5.32 Å². The van der Waals surface area contributed by atoms with Gasteiger partial charge in [0.1, 0.15) is 11.3 Å². The van der Waals surface area contributed by atoms with E-state index in [1.165, 1.54) is 19.3 Å². The topological polar surface area (TPSA) is 46.9 Å². The lowest BCUT2D eigenvalue weighted by Gasteiger charge is -2.14. The van der Waals surface area contributed by atoms with Crippen molar-refractivity contribution in [3.63, 3.8) is 0 Å². The molecule has 0 aliphatic rings. The van der Waals surface area contributed by atoms with Gasteiger partial charge >= 0.3 is 6.18 Å². The highest BCUT2D eigenvalue weighted by atomic mass is 35.5. The Balaban J connectivity index is 2.54. The first-order valence-electron chi connectivity index (χ1n) is 6.31. The summed E-state index contributed by atoms with van der Waals surface area (Å²) in [6.45, 7) is 1.45. The summed E-state index contributed by atoms with van der Waals surface area (Å²) in [6, 6.07) is 0. The van der Waals surface area contributed by atoms with E-state index in [1.54, 1.807) is 0 Å².